The topological polar surface area (TPSA) is 40.9 Å². The van der Waals surface area contributed by atoms with Gasteiger partial charge in [-0.1, -0.05) is 37.6 Å². The molecule has 0 N–H and O–H groups in total. The van der Waals surface area contributed by atoms with Gasteiger partial charge >= 0.3 is 0 Å². The molecule has 1 atom stereocenters. The molecule has 19 heavy (non-hydrogen) atoms. The van der Waals surface area contributed by atoms with Crippen molar-refractivity contribution < 1.29 is 4.79 Å². The summed E-state index contributed by atoms with van der Waals surface area (Å²) in [6.45, 7) is 5.82. The summed E-state index contributed by atoms with van der Waals surface area (Å²) in [5.41, 5.74) is 0.674. The van der Waals surface area contributed by atoms with Crippen LogP contribution in [0.2, 0.25) is 5.02 Å². The van der Waals surface area contributed by atoms with E-state index in [4.69, 9.17) is 11.6 Å². The predicted molar refractivity (Wildman–Crippen MR) is 76.0 cm³/mol. The van der Waals surface area contributed by atoms with Crippen LogP contribution in [-0.4, -0.2) is 5.78 Å². The number of benzene rings is 1. The number of rotatable bonds is 2. The van der Waals surface area contributed by atoms with Crippen LogP contribution in [0.25, 0.3) is 0 Å². The Kier molecular flexibility index (Phi) is 3.45. The minimum absolute atomic E-state index is 0.0548. The zero-order valence-electron chi connectivity index (χ0n) is 11.6. The summed E-state index contributed by atoms with van der Waals surface area (Å²) in [4.78, 5) is 12.5. The van der Waals surface area contributed by atoms with Gasteiger partial charge in [-0.25, -0.2) is 0 Å². The third kappa shape index (κ3) is 2.40. The van der Waals surface area contributed by atoms with Crippen LogP contribution in [0.15, 0.2) is 18.2 Å². The van der Waals surface area contributed by atoms with Gasteiger partial charge in [0.1, 0.15) is 5.41 Å². The van der Waals surface area contributed by atoms with Crippen molar-refractivity contribution in [2.75, 3.05) is 0 Å². The first kappa shape index (κ1) is 14.1. The summed E-state index contributed by atoms with van der Waals surface area (Å²) in [6.07, 6.45) is 1.81. The molecule has 1 saturated carbocycles. The quantitative estimate of drug-likeness (QED) is 0.816. The van der Waals surface area contributed by atoms with Crippen LogP contribution >= 0.6 is 11.6 Å². The number of halogens is 1. The van der Waals surface area contributed by atoms with Gasteiger partial charge in [-0.05, 0) is 43.4 Å². The van der Waals surface area contributed by atoms with Gasteiger partial charge in [0.2, 0.25) is 0 Å². The van der Waals surface area contributed by atoms with Crippen LogP contribution in [0.3, 0.4) is 0 Å². The number of hydrogen-bond donors (Lipinski definition) is 0. The highest BCUT2D eigenvalue weighted by Crippen LogP contribution is 2.47. The lowest BCUT2D eigenvalue weighted by atomic mass is 9.77. The van der Waals surface area contributed by atoms with Crippen molar-refractivity contribution in [1.82, 2.24) is 0 Å². The van der Waals surface area contributed by atoms with E-state index in [2.05, 4.69) is 6.07 Å². The molecule has 3 heteroatoms. The molecule has 1 aliphatic rings. The van der Waals surface area contributed by atoms with Crippen LogP contribution in [0.5, 0.6) is 0 Å². The fraction of sp³-hybridized carbons (Fsp3) is 0.500. The van der Waals surface area contributed by atoms with E-state index in [0.717, 1.165) is 17.5 Å². The van der Waals surface area contributed by atoms with Crippen LogP contribution in [0.1, 0.15) is 37.8 Å². The van der Waals surface area contributed by atoms with Crippen molar-refractivity contribution in [3.8, 4) is 6.07 Å². The number of nitrogens with zero attached hydrogens (tertiary/aromatic N) is 1. The molecule has 1 aromatic rings. The molecule has 1 fully saturated rings. The molecular weight excluding hydrogens is 258 g/mol. The van der Waals surface area contributed by atoms with Gasteiger partial charge in [-0.15, -0.1) is 0 Å². The molecule has 0 radical (unpaired) electrons. The van der Waals surface area contributed by atoms with Gasteiger partial charge in [0.05, 0.1) is 6.07 Å². The Labute approximate surface area is 119 Å². The first-order valence-corrected chi connectivity index (χ1v) is 6.90. The van der Waals surface area contributed by atoms with Gasteiger partial charge < -0.3 is 0 Å². The highest BCUT2D eigenvalue weighted by Gasteiger charge is 2.52. The lowest BCUT2D eigenvalue weighted by Gasteiger charge is -2.23. The molecule has 0 aromatic heterocycles. The minimum Gasteiger partial charge on any atom is -0.297 e. The third-order valence-corrected chi connectivity index (χ3v) is 4.49. The van der Waals surface area contributed by atoms with E-state index < -0.39 is 10.8 Å². The maximum Gasteiger partial charge on any atom is 0.158 e. The number of ketones is 1. The Morgan fingerprint density at radius 2 is 2.05 bits per heavy atom. The normalized spacial score (nSPS) is 25.3. The third-order valence-electron chi connectivity index (χ3n) is 4.14. The predicted octanol–water partition coefficient (Wildman–Crippen LogP) is 4.09. The molecule has 0 bridgehead atoms. The molecule has 0 heterocycles. The van der Waals surface area contributed by atoms with Crippen molar-refractivity contribution in [3.05, 3.63) is 34.3 Å². The minimum atomic E-state index is -0.900. The van der Waals surface area contributed by atoms with E-state index in [1.54, 1.807) is 0 Å². The van der Waals surface area contributed by atoms with Gasteiger partial charge in [-0.3, -0.25) is 4.79 Å². The maximum atomic E-state index is 12.5. The lowest BCUT2D eigenvalue weighted by Crippen LogP contribution is -2.33. The molecule has 1 aliphatic carbocycles. The van der Waals surface area contributed by atoms with E-state index in [-0.39, 0.29) is 5.78 Å². The Morgan fingerprint density at radius 3 is 2.53 bits per heavy atom. The zero-order chi connectivity index (χ0) is 14.3. The highest BCUT2D eigenvalue weighted by molar-refractivity contribution is 6.31. The van der Waals surface area contributed by atoms with Crippen LogP contribution in [-0.2, 0) is 11.2 Å². The Hall–Kier alpha value is -1.33. The number of Topliss-reactive ketones (excluding diaryl/α,β-unsaturated/α-hetero) is 1. The van der Waals surface area contributed by atoms with E-state index in [1.807, 2.05) is 39.0 Å². The number of nitriles is 1. The van der Waals surface area contributed by atoms with Crippen LogP contribution in [0.4, 0.5) is 0 Å². The van der Waals surface area contributed by atoms with Gasteiger partial charge in [-0.2, -0.15) is 5.26 Å². The summed E-state index contributed by atoms with van der Waals surface area (Å²) in [6, 6.07) is 8.04. The molecule has 2 nitrogen and oxygen atoms in total. The molecular formula is C16H18ClNO. The van der Waals surface area contributed by atoms with Crippen LogP contribution in [0, 0.1) is 29.1 Å². The zero-order valence-corrected chi connectivity index (χ0v) is 12.3. The molecule has 0 spiro atoms. The molecule has 100 valence electrons. The van der Waals surface area contributed by atoms with E-state index >= 15 is 0 Å². The molecule has 1 unspecified atom stereocenters. The second kappa shape index (κ2) is 4.65. The average molecular weight is 276 g/mol. The number of carbonyl (C=O) groups excluding carboxylic acids is 1. The van der Waals surface area contributed by atoms with E-state index in [1.165, 1.54) is 0 Å². The fourth-order valence-corrected chi connectivity index (χ4v) is 3.14. The fourth-order valence-electron chi connectivity index (χ4n) is 2.84. The molecule has 0 saturated heterocycles. The second-order valence-corrected chi connectivity index (χ2v) is 6.59. The number of hydrogen-bond acceptors (Lipinski definition) is 2. The summed E-state index contributed by atoms with van der Waals surface area (Å²) < 4.78 is 0. The Morgan fingerprint density at radius 1 is 1.37 bits per heavy atom. The van der Waals surface area contributed by atoms with Gasteiger partial charge in [0, 0.05) is 10.4 Å². The van der Waals surface area contributed by atoms with Crippen molar-refractivity contribution in [1.29, 1.82) is 5.26 Å². The Bertz CT molecular complexity index is 571. The molecule has 1 aromatic carbocycles. The summed E-state index contributed by atoms with van der Waals surface area (Å²) in [7, 11) is 0. The van der Waals surface area contributed by atoms with Crippen molar-refractivity contribution >= 4 is 17.4 Å². The summed E-state index contributed by atoms with van der Waals surface area (Å²) in [5.74, 6) is 0.0548. The first-order valence-electron chi connectivity index (χ1n) is 6.52. The van der Waals surface area contributed by atoms with Crippen molar-refractivity contribution in [2.45, 2.75) is 40.0 Å². The smallest absolute Gasteiger partial charge is 0.158 e. The van der Waals surface area contributed by atoms with Crippen molar-refractivity contribution in [2.24, 2.45) is 10.8 Å². The van der Waals surface area contributed by atoms with Gasteiger partial charge in [0.15, 0.2) is 5.78 Å². The Balaban J connectivity index is 2.36. The average Bonchev–Trinajstić information content (AvgIpc) is 2.57. The van der Waals surface area contributed by atoms with E-state index in [9.17, 15) is 10.1 Å². The van der Waals surface area contributed by atoms with Crippen molar-refractivity contribution in [3.63, 3.8) is 0 Å². The monoisotopic (exact) mass is 275 g/mol. The van der Waals surface area contributed by atoms with E-state index in [0.29, 0.717) is 17.9 Å². The molecule has 0 amide bonds. The molecule has 0 aliphatic heterocycles. The number of carbonyl (C=O) groups is 1. The largest absolute Gasteiger partial charge is 0.297 e. The second-order valence-electron chi connectivity index (χ2n) is 6.18. The van der Waals surface area contributed by atoms with Crippen LogP contribution < -0.4 is 0 Å². The summed E-state index contributed by atoms with van der Waals surface area (Å²) >= 11 is 6.22. The lowest BCUT2D eigenvalue weighted by molar-refractivity contribution is -0.130. The standard InChI is InChI=1S/C16H18ClNO/c1-11-4-5-12(13(17)8-11)9-16(10-18)7-6-15(2,3)14(16)19/h4-5,8H,6-7,9H2,1-3H3. The highest BCUT2D eigenvalue weighted by atomic mass is 35.5. The first-order chi connectivity index (χ1) is 8.81. The van der Waals surface area contributed by atoms with Gasteiger partial charge in [0.25, 0.3) is 0 Å². The maximum absolute atomic E-state index is 12.5. The number of aryl methyl sites for hydroxylation is 1. The summed E-state index contributed by atoms with van der Waals surface area (Å²) in [5, 5.41) is 10.2. The molecule has 2 rings (SSSR count). The SMILES string of the molecule is Cc1ccc(CC2(C#N)CCC(C)(C)C2=O)c(Cl)c1.